The number of aromatic nitrogens is 4. The van der Waals surface area contributed by atoms with Gasteiger partial charge in [-0.3, -0.25) is 0 Å². The number of pyridine rings is 1. The fourth-order valence-electron chi connectivity index (χ4n) is 1.83. The van der Waals surface area contributed by atoms with Gasteiger partial charge in [-0.05, 0) is 30.9 Å². The quantitative estimate of drug-likeness (QED) is 0.814. The van der Waals surface area contributed by atoms with E-state index in [9.17, 15) is 0 Å². The highest BCUT2D eigenvalue weighted by Crippen LogP contribution is 2.16. The van der Waals surface area contributed by atoms with Crippen LogP contribution in [-0.4, -0.2) is 20.0 Å². The van der Waals surface area contributed by atoms with Crippen molar-refractivity contribution in [2.75, 3.05) is 0 Å². The molecule has 90 valence electrons. The van der Waals surface area contributed by atoms with Crippen molar-refractivity contribution in [2.24, 2.45) is 0 Å². The third-order valence-corrected chi connectivity index (χ3v) is 2.95. The topological polar surface area (TPSA) is 43.6 Å². The van der Waals surface area contributed by atoms with E-state index in [2.05, 4.69) is 42.1 Å². The summed E-state index contributed by atoms with van der Waals surface area (Å²) in [6.45, 7) is 8.40. The van der Waals surface area contributed by atoms with E-state index >= 15 is 0 Å². The van der Waals surface area contributed by atoms with E-state index < -0.39 is 0 Å². The zero-order valence-electron chi connectivity index (χ0n) is 10.8. The number of hydrogen-bond acceptors (Lipinski definition) is 3. The van der Waals surface area contributed by atoms with Gasteiger partial charge in [0.2, 0.25) is 0 Å². The third kappa shape index (κ3) is 2.20. The Hall–Kier alpha value is -1.71. The summed E-state index contributed by atoms with van der Waals surface area (Å²) >= 11 is 0. The van der Waals surface area contributed by atoms with Crippen LogP contribution >= 0.6 is 0 Å². The zero-order chi connectivity index (χ0) is 12.4. The molecule has 0 bridgehead atoms. The molecule has 0 saturated carbocycles. The molecule has 0 aliphatic rings. The van der Waals surface area contributed by atoms with Crippen LogP contribution in [0.2, 0.25) is 0 Å². The van der Waals surface area contributed by atoms with Crippen molar-refractivity contribution in [2.45, 2.75) is 40.0 Å². The average molecular weight is 230 g/mol. The first-order chi connectivity index (χ1) is 8.13. The van der Waals surface area contributed by atoms with E-state index in [4.69, 9.17) is 0 Å². The smallest absolute Gasteiger partial charge is 0.155 e. The van der Waals surface area contributed by atoms with Gasteiger partial charge in [-0.2, -0.15) is 4.68 Å². The molecule has 0 amide bonds. The lowest BCUT2D eigenvalue weighted by Crippen LogP contribution is -2.04. The van der Waals surface area contributed by atoms with E-state index in [1.165, 1.54) is 5.56 Å². The highest BCUT2D eigenvalue weighted by atomic mass is 15.4. The van der Waals surface area contributed by atoms with Crippen LogP contribution in [-0.2, 0) is 6.42 Å². The van der Waals surface area contributed by atoms with Gasteiger partial charge in [-0.25, -0.2) is 4.98 Å². The second-order valence-electron chi connectivity index (χ2n) is 4.49. The highest BCUT2D eigenvalue weighted by Gasteiger charge is 2.10. The van der Waals surface area contributed by atoms with Gasteiger partial charge >= 0.3 is 0 Å². The Morgan fingerprint density at radius 3 is 2.59 bits per heavy atom. The number of nitrogens with zero attached hydrogens (tertiary/aromatic N) is 4. The van der Waals surface area contributed by atoms with Crippen LogP contribution in [0.1, 0.15) is 43.6 Å². The molecule has 0 N–H and O–H groups in total. The van der Waals surface area contributed by atoms with Gasteiger partial charge in [0.25, 0.3) is 0 Å². The van der Waals surface area contributed by atoms with Crippen molar-refractivity contribution in [3.8, 4) is 5.82 Å². The molecular formula is C13H18N4. The van der Waals surface area contributed by atoms with Crippen molar-refractivity contribution in [1.29, 1.82) is 0 Å². The Morgan fingerprint density at radius 2 is 2.06 bits per heavy atom. The molecule has 2 rings (SSSR count). The molecule has 0 spiro atoms. The molecule has 0 atom stereocenters. The monoisotopic (exact) mass is 230 g/mol. The van der Waals surface area contributed by atoms with Gasteiger partial charge in [-0.15, -0.1) is 5.10 Å². The van der Waals surface area contributed by atoms with Crippen LogP contribution in [0, 0.1) is 6.92 Å². The Bertz CT molecular complexity index is 497. The number of aryl methyl sites for hydroxylation is 1. The predicted molar refractivity (Wildman–Crippen MR) is 67.4 cm³/mol. The molecule has 2 heterocycles. The lowest BCUT2D eigenvalue weighted by molar-refractivity contribution is 0.743. The number of rotatable bonds is 3. The molecule has 0 unspecified atom stereocenters. The van der Waals surface area contributed by atoms with Crippen molar-refractivity contribution >= 4 is 0 Å². The fourth-order valence-corrected chi connectivity index (χ4v) is 1.83. The normalized spacial score (nSPS) is 11.1. The van der Waals surface area contributed by atoms with Gasteiger partial charge in [0.05, 0.1) is 11.4 Å². The molecule has 2 aromatic heterocycles. The van der Waals surface area contributed by atoms with Crippen LogP contribution < -0.4 is 0 Å². The van der Waals surface area contributed by atoms with Crippen LogP contribution in [0.15, 0.2) is 18.3 Å². The van der Waals surface area contributed by atoms with Crippen LogP contribution in [0.3, 0.4) is 0 Å². The molecule has 2 aromatic rings. The predicted octanol–water partition coefficient (Wildman–Crippen LogP) is 2.66. The summed E-state index contributed by atoms with van der Waals surface area (Å²) < 4.78 is 1.82. The Labute approximate surface area is 102 Å². The minimum Gasteiger partial charge on any atom is -0.237 e. The molecule has 0 aliphatic heterocycles. The van der Waals surface area contributed by atoms with Gasteiger partial charge in [-0.1, -0.05) is 32.1 Å². The first kappa shape index (κ1) is 11.8. The molecule has 0 aliphatic carbocycles. The van der Waals surface area contributed by atoms with Gasteiger partial charge < -0.3 is 0 Å². The van der Waals surface area contributed by atoms with E-state index in [0.29, 0.717) is 5.92 Å². The Morgan fingerprint density at radius 1 is 1.29 bits per heavy atom. The lowest BCUT2D eigenvalue weighted by atomic mass is 10.1. The molecule has 4 heteroatoms. The molecular weight excluding hydrogens is 212 g/mol. The average Bonchev–Trinajstić information content (AvgIpc) is 2.70. The molecule has 0 saturated heterocycles. The number of hydrogen-bond donors (Lipinski definition) is 0. The third-order valence-electron chi connectivity index (χ3n) is 2.95. The SMILES string of the molecule is CCc1c(C)nnn1-c1ccc(C(C)C)cn1. The summed E-state index contributed by atoms with van der Waals surface area (Å²) in [5.74, 6) is 1.34. The first-order valence-electron chi connectivity index (χ1n) is 6.01. The summed E-state index contributed by atoms with van der Waals surface area (Å²) in [5, 5.41) is 8.23. The zero-order valence-corrected chi connectivity index (χ0v) is 10.8. The summed E-state index contributed by atoms with van der Waals surface area (Å²) in [5.41, 5.74) is 3.33. The Kier molecular flexibility index (Phi) is 3.22. The van der Waals surface area contributed by atoms with Crippen molar-refractivity contribution in [1.82, 2.24) is 20.0 Å². The molecule has 17 heavy (non-hydrogen) atoms. The van der Waals surface area contributed by atoms with E-state index in [1.54, 1.807) is 0 Å². The van der Waals surface area contributed by atoms with E-state index in [1.807, 2.05) is 23.9 Å². The summed E-state index contributed by atoms with van der Waals surface area (Å²) in [6.07, 6.45) is 2.82. The van der Waals surface area contributed by atoms with Crippen molar-refractivity contribution in [3.05, 3.63) is 35.3 Å². The van der Waals surface area contributed by atoms with Gasteiger partial charge in [0, 0.05) is 6.20 Å². The second-order valence-corrected chi connectivity index (χ2v) is 4.49. The Balaban J connectivity index is 2.39. The van der Waals surface area contributed by atoms with Gasteiger partial charge in [0.1, 0.15) is 0 Å². The molecule has 4 nitrogen and oxygen atoms in total. The summed E-state index contributed by atoms with van der Waals surface area (Å²) in [7, 11) is 0. The lowest BCUT2D eigenvalue weighted by Gasteiger charge is -2.07. The summed E-state index contributed by atoms with van der Waals surface area (Å²) in [4.78, 5) is 4.45. The maximum absolute atomic E-state index is 4.45. The molecule has 0 fully saturated rings. The fraction of sp³-hybridized carbons (Fsp3) is 0.462. The van der Waals surface area contributed by atoms with E-state index in [-0.39, 0.29) is 0 Å². The highest BCUT2D eigenvalue weighted by molar-refractivity contribution is 5.28. The van der Waals surface area contributed by atoms with Crippen molar-refractivity contribution < 1.29 is 0 Å². The second kappa shape index (κ2) is 4.65. The van der Waals surface area contributed by atoms with E-state index in [0.717, 1.165) is 23.6 Å². The minimum atomic E-state index is 0.500. The summed E-state index contributed by atoms with van der Waals surface area (Å²) in [6, 6.07) is 4.10. The molecule has 0 aromatic carbocycles. The maximum Gasteiger partial charge on any atom is 0.155 e. The minimum absolute atomic E-state index is 0.500. The maximum atomic E-state index is 4.45. The van der Waals surface area contributed by atoms with Crippen LogP contribution in [0.25, 0.3) is 5.82 Å². The van der Waals surface area contributed by atoms with Crippen LogP contribution in [0.5, 0.6) is 0 Å². The largest absolute Gasteiger partial charge is 0.237 e. The molecule has 0 radical (unpaired) electrons. The first-order valence-corrected chi connectivity index (χ1v) is 6.01. The van der Waals surface area contributed by atoms with Crippen molar-refractivity contribution in [3.63, 3.8) is 0 Å². The van der Waals surface area contributed by atoms with Gasteiger partial charge in [0.15, 0.2) is 5.82 Å². The van der Waals surface area contributed by atoms with Crippen LogP contribution in [0.4, 0.5) is 0 Å². The standard InChI is InChI=1S/C13H18N4/c1-5-12-10(4)15-16-17(12)13-7-6-11(8-14-13)9(2)3/h6-9H,5H2,1-4H3.